The number of rotatable bonds is 8. The number of hydrogen-bond donors (Lipinski definition) is 1. The molecule has 0 aliphatic rings. The summed E-state index contributed by atoms with van der Waals surface area (Å²) in [7, 11) is 1.91. The molecule has 0 unspecified atom stereocenters. The molecule has 2 aromatic heterocycles. The van der Waals surface area contributed by atoms with Gasteiger partial charge in [-0.15, -0.1) is 11.3 Å². The van der Waals surface area contributed by atoms with Gasteiger partial charge in [0.25, 0.3) is 5.91 Å². The summed E-state index contributed by atoms with van der Waals surface area (Å²) < 4.78 is 1.84. The molecule has 0 atom stereocenters. The summed E-state index contributed by atoms with van der Waals surface area (Å²) in [6, 6.07) is 18.1. The van der Waals surface area contributed by atoms with Crippen molar-refractivity contribution in [2.24, 2.45) is 7.05 Å². The van der Waals surface area contributed by atoms with Gasteiger partial charge in [0.05, 0.1) is 4.88 Å². The fraction of sp³-hybridized carbons (Fsp3) is 0.280. The quantitative estimate of drug-likeness (QED) is 0.328. The van der Waals surface area contributed by atoms with E-state index in [0.717, 1.165) is 41.0 Å². The van der Waals surface area contributed by atoms with Gasteiger partial charge >= 0.3 is 0 Å². The van der Waals surface area contributed by atoms with Gasteiger partial charge in [0, 0.05) is 48.3 Å². The highest BCUT2D eigenvalue weighted by atomic mass is 35.5. The Morgan fingerprint density at radius 1 is 1.19 bits per heavy atom. The molecule has 0 bridgehead atoms. The third-order valence-electron chi connectivity index (χ3n) is 5.49. The van der Waals surface area contributed by atoms with Crippen molar-refractivity contribution in [2.75, 3.05) is 24.5 Å². The monoisotopic (exact) mass is 466 g/mol. The van der Waals surface area contributed by atoms with E-state index in [4.69, 9.17) is 11.6 Å². The summed E-state index contributed by atoms with van der Waals surface area (Å²) in [4.78, 5) is 16.8. The fourth-order valence-corrected chi connectivity index (χ4v) is 4.94. The zero-order chi connectivity index (χ0) is 22.7. The predicted octanol–water partition coefficient (Wildman–Crippen LogP) is 5.91. The molecule has 1 N–H and O–H groups in total. The molecule has 7 heteroatoms. The van der Waals surface area contributed by atoms with E-state index in [1.165, 1.54) is 22.6 Å². The molecule has 2 heterocycles. The van der Waals surface area contributed by atoms with Crippen molar-refractivity contribution >= 4 is 44.7 Å². The number of fused-ring (bicyclic) bond motifs is 1. The second kappa shape index (κ2) is 9.76. The van der Waals surface area contributed by atoms with Gasteiger partial charge < -0.3 is 10.2 Å². The van der Waals surface area contributed by atoms with Crippen molar-refractivity contribution in [3.63, 3.8) is 0 Å². The predicted molar refractivity (Wildman–Crippen MR) is 135 cm³/mol. The number of aromatic nitrogens is 2. The van der Waals surface area contributed by atoms with E-state index in [1.807, 2.05) is 42.1 Å². The number of benzene rings is 2. The van der Waals surface area contributed by atoms with Crippen molar-refractivity contribution in [1.29, 1.82) is 0 Å². The van der Waals surface area contributed by atoms with Crippen LogP contribution in [0.3, 0.4) is 0 Å². The first kappa shape index (κ1) is 22.4. The summed E-state index contributed by atoms with van der Waals surface area (Å²) >= 11 is 7.49. The second-order valence-corrected chi connectivity index (χ2v) is 9.30. The maximum atomic E-state index is 12.8. The summed E-state index contributed by atoms with van der Waals surface area (Å²) in [6.07, 6.45) is 0.885. The van der Waals surface area contributed by atoms with Crippen LogP contribution in [0.2, 0.25) is 5.02 Å². The van der Waals surface area contributed by atoms with Crippen LogP contribution in [-0.4, -0.2) is 35.3 Å². The van der Waals surface area contributed by atoms with E-state index in [0.29, 0.717) is 16.4 Å². The van der Waals surface area contributed by atoms with E-state index in [-0.39, 0.29) is 5.91 Å². The lowest BCUT2D eigenvalue weighted by Crippen LogP contribution is -2.29. The molecule has 1 amide bonds. The minimum absolute atomic E-state index is 0.0353. The van der Waals surface area contributed by atoms with Crippen LogP contribution < -0.4 is 10.2 Å². The Kier molecular flexibility index (Phi) is 6.82. The Bertz CT molecular complexity index is 1230. The van der Waals surface area contributed by atoms with E-state index in [1.54, 1.807) is 0 Å². The lowest BCUT2D eigenvalue weighted by atomic mass is 10.1. The highest BCUT2D eigenvalue weighted by Gasteiger charge is 2.18. The van der Waals surface area contributed by atoms with Crippen LogP contribution in [0, 0.1) is 6.92 Å². The SMILES string of the molecule is CCN(CCCNC(=O)c1cc2c(-c3ccc(Cl)cc3)nn(C)c2s1)c1cccc(C)c1. The zero-order valence-corrected chi connectivity index (χ0v) is 20.1. The standard InChI is InChI=1S/C25H27ClN4OS/c1-4-30(20-8-5-7-17(2)15-20)14-6-13-27-24(31)22-16-21-23(28-29(3)25(21)32-22)18-9-11-19(26)12-10-18/h5,7-12,15-16H,4,6,13-14H2,1-3H3,(H,27,31). The molecule has 0 saturated carbocycles. The lowest BCUT2D eigenvalue weighted by molar-refractivity contribution is 0.0957. The first-order chi connectivity index (χ1) is 15.5. The van der Waals surface area contributed by atoms with Crippen molar-refractivity contribution in [1.82, 2.24) is 15.1 Å². The van der Waals surface area contributed by atoms with Crippen molar-refractivity contribution in [2.45, 2.75) is 20.3 Å². The van der Waals surface area contributed by atoms with Crippen LogP contribution >= 0.6 is 22.9 Å². The van der Waals surface area contributed by atoms with E-state index in [2.05, 4.69) is 53.4 Å². The molecule has 32 heavy (non-hydrogen) atoms. The second-order valence-electron chi connectivity index (χ2n) is 7.84. The van der Waals surface area contributed by atoms with Crippen LogP contribution in [0.1, 0.15) is 28.6 Å². The number of anilines is 1. The van der Waals surface area contributed by atoms with E-state index >= 15 is 0 Å². The maximum absolute atomic E-state index is 12.8. The average Bonchev–Trinajstić information content (AvgIpc) is 3.35. The van der Waals surface area contributed by atoms with Gasteiger partial charge in [0.2, 0.25) is 0 Å². The van der Waals surface area contributed by atoms with Crippen LogP contribution in [0.25, 0.3) is 21.5 Å². The van der Waals surface area contributed by atoms with Gasteiger partial charge in [0.1, 0.15) is 10.5 Å². The number of thiophene rings is 1. The summed E-state index contributed by atoms with van der Waals surface area (Å²) in [5, 5.41) is 9.39. The molecule has 0 radical (unpaired) electrons. The molecule has 166 valence electrons. The molecular weight excluding hydrogens is 440 g/mol. The van der Waals surface area contributed by atoms with Gasteiger partial charge in [-0.25, -0.2) is 0 Å². The Balaban J connectivity index is 1.40. The molecule has 0 aliphatic carbocycles. The summed E-state index contributed by atoms with van der Waals surface area (Å²) in [5.41, 5.74) is 4.34. The highest BCUT2D eigenvalue weighted by molar-refractivity contribution is 7.20. The minimum Gasteiger partial charge on any atom is -0.372 e. The molecule has 2 aromatic carbocycles. The molecule has 4 aromatic rings. The van der Waals surface area contributed by atoms with Crippen molar-refractivity contribution < 1.29 is 4.79 Å². The smallest absolute Gasteiger partial charge is 0.261 e. The lowest BCUT2D eigenvalue weighted by Gasteiger charge is -2.23. The summed E-state index contributed by atoms with van der Waals surface area (Å²) in [6.45, 7) is 6.74. The number of hydrogen-bond acceptors (Lipinski definition) is 4. The largest absolute Gasteiger partial charge is 0.372 e. The average molecular weight is 467 g/mol. The van der Waals surface area contributed by atoms with Gasteiger partial charge in [-0.2, -0.15) is 5.10 Å². The Hall–Kier alpha value is -2.83. The first-order valence-electron chi connectivity index (χ1n) is 10.8. The third kappa shape index (κ3) is 4.81. The Morgan fingerprint density at radius 2 is 1.97 bits per heavy atom. The number of carbonyl (C=O) groups is 1. The molecule has 5 nitrogen and oxygen atoms in total. The first-order valence-corrected chi connectivity index (χ1v) is 12.0. The summed E-state index contributed by atoms with van der Waals surface area (Å²) in [5.74, 6) is -0.0353. The van der Waals surface area contributed by atoms with E-state index < -0.39 is 0 Å². The molecule has 0 fully saturated rings. The maximum Gasteiger partial charge on any atom is 0.261 e. The fourth-order valence-electron chi connectivity index (χ4n) is 3.83. The molecule has 0 spiro atoms. The number of carbonyl (C=O) groups excluding carboxylic acids is 1. The van der Waals surface area contributed by atoms with Gasteiger partial charge in [-0.05, 0) is 56.2 Å². The van der Waals surface area contributed by atoms with Crippen molar-refractivity contribution in [3.05, 3.63) is 70.1 Å². The third-order valence-corrected chi connectivity index (χ3v) is 6.94. The molecule has 4 rings (SSSR count). The Labute approximate surface area is 197 Å². The topological polar surface area (TPSA) is 50.2 Å². The molecule has 0 aliphatic heterocycles. The van der Waals surface area contributed by atoms with Crippen LogP contribution in [0.15, 0.2) is 54.6 Å². The van der Waals surface area contributed by atoms with Crippen LogP contribution in [0.5, 0.6) is 0 Å². The molecule has 0 saturated heterocycles. The number of amides is 1. The number of aryl methyl sites for hydroxylation is 2. The Morgan fingerprint density at radius 3 is 2.69 bits per heavy atom. The minimum atomic E-state index is -0.0353. The van der Waals surface area contributed by atoms with Gasteiger partial charge in [-0.1, -0.05) is 35.9 Å². The zero-order valence-electron chi connectivity index (χ0n) is 18.6. The molecular formula is C25H27ClN4OS. The van der Waals surface area contributed by atoms with Gasteiger partial charge in [-0.3, -0.25) is 9.48 Å². The number of nitrogens with one attached hydrogen (secondary N) is 1. The van der Waals surface area contributed by atoms with Crippen LogP contribution in [-0.2, 0) is 7.05 Å². The highest BCUT2D eigenvalue weighted by Crippen LogP contribution is 2.34. The normalized spacial score (nSPS) is 11.1. The van der Waals surface area contributed by atoms with Gasteiger partial charge in [0.15, 0.2) is 0 Å². The number of halogens is 1. The number of nitrogens with zero attached hydrogens (tertiary/aromatic N) is 3. The van der Waals surface area contributed by atoms with Crippen molar-refractivity contribution in [3.8, 4) is 11.3 Å². The van der Waals surface area contributed by atoms with Crippen LogP contribution in [0.4, 0.5) is 5.69 Å². The van der Waals surface area contributed by atoms with E-state index in [9.17, 15) is 4.79 Å².